The lowest BCUT2D eigenvalue weighted by Gasteiger charge is -2.17. The summed E-state index contributed by atoms with van der Waals surface area (Å²) in [5.41, 5.74) is 5.66. The number of nitrogens with two attached hydrogens (primary N) is 1. The van der Waals surface area contributed by atoms with Crippen molar-refractivity contribution in [2.24, 2.45) is 11.7 Å². The summed E-state index contributed by atoms with van der Waals surface area (Å²) in [6, 6.07) is -0.573. The minimum Gasteiger partial charge on any atom is -0.355 e. The van der Waals surface area contributed by atoms with Gasteiger partial charge in [0.25, 0.3) is 10.1 Å². The molecule has 0 spiro atoms. The first-order valence-corrected chi connectivity index (χ1v) is 6.87. The van der Waals surface area contributed by atoms with Gasteiger partial charge in [0.1, 0.15) is 0 Å². The summed E-state index contributed by atoms with van der Waals surface area (Å²) in [5, 5.41) is 2.53. The van der Waals surface area contributed by atoms with Crippen LogP contribution in [-0.4, -0.2) is 37.2 Å². The van der Waals surface area contributed by atoms with Gasteiger partial charge in [-0.1, -0.05) is 20.3 Å². The maximum Gasteiger partial charge on any atom is 0.264 e. The summed E-state index contributed by atoms with van der Waals surface area (Å²) in [7, 11) is -3.95. The molecule has 0 aliphatic heterocycles. The topological polar surface area (TPSA) is 109 Å². The van der Waals surface area contributed by atoms with Crippen molar-refractivity contribution in [2.45, 2.75) is 32.7 Å². The zero-order valence-corrected chi connectivity index (χ0v) is 10.5. The Bertz CT molecular complexity index is 315. The Kier molecular flexibility index (Phi) is 6.54. The van der Waals surface area contributed by atoms with Gasteiger partial charge in [-0.3, -0.25) is 9.35 Å². The number of rotatable bonds is 7. The molecule has 0 rings (SSSR count). The Morgan fingerprint density at radius 3 is 2.50 bits per heavy atom. The maximum atomic E-state index is 11.4. The van der Waals surface area contributed by atoms with Crippen molar-refractivity contribution in [3.63, 3.8) is 0 Å². The number of amides is 1. The lowest BCUT2D eigenvalue weighted by Crippen LogP contribution is -2.45. The van der Waals surface area contributed by atoms with E-state index in [1.165, 1.54) is 0 Å². The minimum atomic E-state index is -3.95. The van der Waals surface area contributed by atoms with E-state index in [9.17, 15) is 13.2 Å². The van der Waals surface area contributed by atoms with E-state index in [4.69, 9.17) is 10.3 Å². The molecule has 0 fully saturated rings. The fourth-order valence-electron chi connectivity index (χ4n) is 1.10. The van der Waals surface area contributed by atoms with Crippen LogP contribution >= 0.6 is 0 Å². The summed E-state index contributed by atoms with van der Waals surface area (Å²) in [5.74, 6) is -0.558. The molecule has 4 N–H and O–H groups in total. The number of hydrogen-bond acceptors (Lipinski definition) is 4. The molecule has 0 saturated carbocycles. The summed E-state index contributed by atoms with van der Waals surface area (Å²) in [4.78, 5) is 11.4. The molecule has 0 aromatic heterocycles. The number of carbonyl (C=O) groups is 1. The van der Waals surface area contributed by atoms with Crippen LogP contribution in [0.3, 0.4) is 0 Å². The predicted molar refractivity (Wildman–Crippen MR) is 61.5 cm³/mol. The second-order valence-electron chi connectivity index (χ2n) is 3.84. The minimum absolute atomic E-state index is 0.0848. The molecule has 0 heterocycles. The molecular weight excluding hydrogens is 232 g/mol. The predicted octanol–water partition coefficient (Wildman–Crippen LogP) is -0.246. The van der Waals surface area contributed by atoms with Crippen molar-refractivity contribution in [1.29, 1.82) is 0 Å². The molecule has 2 unspecified atom stereocenters. The van der Waals surface area contributed by atoms with Gasteiger partial charge < -0.3 is 11.1 Å². The third-order valence-corrected chi connectivity index (χ3v) is 3.24. The Hall–Kier alpha value is -0.660. The van der Waals surface area contributed by atoms with Crippen LogP contribution in [0.5, 0.6) is 0 Å². The molecule has 0 radical (unpaired) electrons. The van der Waals surface area contributed by atoms with Crippen LogP contribution in [0.15, 0.2) is 0 Å². The molecule has 0 bridgehead atoms. The maximum absolute atomic E-state index is 11.4. The molecule has 0 aromatic rings. The number of carbonyl (C=O) groups excluding carboxylic acids is 1. The van der Waals surface area contributed by atoms with Crippen molar-refractivity contribution in [3.05, 3.63) is 0 Å². The Morgan fingerprint density at radius 2 is 2.06 bits per heavy atom. The molecule has 0 aliphatic carbocycles. The molecule has 6 nitrogen and oxygen atoms in total. The highest BCUT2D eigenvalue weighted by Gasteiger charge is 2.18. The molecule has 1 amide bonds. The van der Waals surface area contributed by atoms with Crippen molar-refractivity contribution < 1.29 is 17.8 Å². The highest BCUT2D eigenvalue weighted by molar-refractivity contribution is 7.85. The SMILES string of the molecule is CCC(C)C(N)C(=O)NCCCS(=O)(=O)O. The first-order chi connectivity index (χ1) is 7.28. The highest BCUT2D eigenvalue weighted by atomic mass is 32.2. The van der Waals surface area contributed by atoms with Gasteiger partial charge in [-0.15, -0.1) is 0 Å². The zero-order valence-electron chi connectivity index (χ0n) is 9.64. The van der Waals surface area contributed by atoms with Gasteiger partial charge in [0.05, 0.1) is 11.8 Å². The Balaban J connectivity index is 3.82. The van der Waals surface area contributed by atoms with Crippen LogP contribution in [0, 0.1) is 5.92 Å². The summed E-state index contributed by atoms with van der Waals surface area (Å²) >= 11 is 0. The van der Waals surface area contributed by atoms with Crippen molar-refractivity contribution in [1.82, 2.24) is 5.32 Å². The normalized spacial score (nSPS) is 15.5. The Morgan fingerprint density at radius 1 is 1.50 bits per heavy atom. The Labute approximate surface area is 96.3 Å². The van der Waals surface area contributed by atoms with Gasteiger partial charge in [-0.05, 0) is 12.3 Å². The van der Waals surface area contributed by atoms with Crippen LogP contribution in [0.25, 0.3) is 0 Å². The van der Waals surface area contributed by atoms with E-state index in [1.54, 1.807) is 0 Å². The third-order valence-electron chi connectivity index (χ3n) is 2.44. The van der Waals surface area contributed by atoms with Crippen LogP contribution < -0.4 is 11.1 Å². The van der Waals surface area contributed by atoms with Gasteiger partial charge >= 0.3 is 0 Å². The molecular formula is C9H20N2O4S. The molecule has 0 aliphatic rings. The average Bonchev–Trinajstić information content (AvgIpc) is 2.20. The summed E-state index contributed by atoms with van der Waals surface area (Å²) in [6.07, 6.45) is 0.984. The smallest absolute Gasteiger partial charge is 0.264 e. The first-order valence-electron chi connectivity index (χ1n) is 5.26. The molecule has 7 heteroatoms. The van der Waals surface area contributed by atoms with E-state index in [0.29, 0.717) is 0 Å². The van der Waals surface area contributed by atoms with Gasteiger partial charge in [0, 0.05) is 6.54 Å². The second kappa shape index (κ2) is 6.82. The monoisotopic (exact) mass is 252 g/mol. The van der Waals surface area contributed by atoms with Crippen LogP contribution in [0.1, 0.15) is 26.7 Å². The standard InChI is InChI=1S/C9H20N2O4S/c1-3-7(2)8(10)9(12)11-5-4-6-16(13,14)15/h7-8H,3-6,10H2,1-2H3,(H,11,12)(H,13,14,15). The fraction of sp³-hybridized carbons (Fsp3) is 0.889. The number of hydrogen-bond donors (Lipinski definition) is 3. The molecule has 96 valence electrons. The molecule has 2 atom stereocenters. The van der Waals surface area contributed by atoms with E-state index >= 15 is 0 Å². The highest BCUT2D eigenvalue weighted by Crippen LogP contribution is 2.04. The fourth-order valence-corrected chi connectivity index (χ4v) is 1.61. The number of nitrogens with one attached hydrogen (secondary N) is 1. The van der Waals surface area contributed by atoms with Crippen LogP contribution in [-0.2, 0) is 14.9 Å². The van der Waals surface area contributed by atoms with Crippen molar-refractivity contribution in [3.8, 4) is 0 Å². The lowest BCUT2D eigenvalue weighted by molar-refractivity contribution is -0.123. The first kappa shape index (κ1) is 15.3. The molecule has 0 aromatic carbocycles. The van der Waals surface area contributed by atoms with Gasteiger partial charge in [-0.25, -0.2) is 0 Å². The van der Waals surface area contributed by atoms with E-state index in [-0.39, 0.29) is 30.5 Å². The quantitative estimate of drug-likeness (QED) is 0.427. The van der Waals surface area contributed by atoms with Crippen LogP contribution in [0.2, 0.25) is 0 Å². The van der Waals surface area contributed by atoms with Gasteiger partial charge in [0.2, 0.25) is 5.91 Å². The van der Waals surface area contributed by atoms with Gasteiger partial charge in [-0.2, -0.15) is 8.42 Å². The van der Waals surface area contributed by atoms with E-state index in [2.05, 4.69) is 5.32 Å². The van der Waals surface area contributed by atoms with E-state index in [1.807, 2.05) is 13.8 Å². The lowest BCUT2D eigenvalue weighted by atomic mass is 9.99. The van der Waals surface area contributed by atoms with Crippen molar-refractivity contribution >= 4 is 16.0 Å². The summed E-state index contributed by atoms with van der Waals surface area (Å²) in [6.45, 7) is 4.02. The average molecular weight is 252 g/mol. The van der Waals surface area contributed by atoms with Gasteiger partial charge in [0.15, 0.2) is 0 Å². The van der Waals surface area contributed by atoms with Crippen LogP contribution in [0.4, 0.5) is 0 Å². The summed E-state index contributed by atoms with van der Waals surface area (Å²) < 4.78 is 29.2. The second-order valence-corrected chi connectivity index (χ2v) is 5.41. The van der Waals surface area contributed by atoms with Crippen molar-refractivity contribution in [2.75, 3.05) is 12.3 Å². The van der Waals surface area contributed by atoms with E-state index < -0.39 is 16.2 Å². The van der Waals surface area contributed by atoms with E-state index in [0.717, 1.165) is 6.42 Å². The zero-order chi connectivity index (χ0) is 12.8. The third kappa shape index (κ3) is 6.76. The molecule has 0 saturated heterocycles. The largest absolute Gasteiger partial charge is 0.355 e. The molecule has 16 heavy (non-hydrogen) atoms.